The number of nitrogens with two attached hydrogens (primary N) is 1. The van der Waals surface area contributed by atoms with E-state index in [-0.39, 0.29) is 12.5 Å². The molecular formula is C14H21N3O3. The molecule has 1 aromatic carbocycles. The molecule has 0 atom stereocenters. The third kappa shape index (κ3) is 4.40. The Bertz CT molecular complexity index is 416. The van der Waals surface area contributed by atoms with E-state index in [4.69, 9.17) is 15.2 Å². The molecule has 1 amide bonds. The molecule has 0 bridgehead atoms. The molecule has 1 saturated heterocycles. The molecule has 0 saturated carbocycles. The van der Waals surface area contributed by atoms with Gasteiger partial charge in [-0.1, -0.05) is 0 Å². The number of amides is 1. The summed E-state index contributed by atoms with van der Waals surface area (Å²) in [5, 5.41) is 3.17. The van der Waals surface area contributed by atoms with Gasteiger partial charge in [-0.2, -0.15) is 0 Å². The minimum absolute atomic E-state index is 0.00127. The van der Waals surface area contributed by atoms with Crippen LogP contribution in [0.4, 0.5) is 5.69 Å². The molecule has 110 valence electrons. The molecule has 0 unspecified atom stereocenters. The molecule has 1 fully saturated rings. The second kappa shape index (κ2) is 7.72. The zero-order chi connectivity index (χ0) is 14.2. The highest BCUT2D eigenvalue weighted by atomic mass is 16.5. The quantitative estimate of drug-likeness (QED) is 0.783. The van der Waals surface area contributed by atoms with Gasteiger partial charge in [0.1, 0.15) is 5.75 Å². The first-order chi connectivity index (χ1) is 9.79. The third-order valence-electron chi connectivity index (χ3n) is 3.05. The Morgan fingerprint density at radius 3 is 2.65 bits per heavy atom. The molecule has 6 nitrogen and oxygen atoms in total. The molecule has 0 aromatic heterocycles. The minimum atomic E-state index is -0.00127. The maximum absolute atomic E-state index is 11.9. The van der Waals surface area contributed by atoms with Crippen LogP contribution in [0.25, 0.3) is 0 Å². The Morgan fingerprint density at radius 2 is 2.00 bits per heavy atom. The van der Waals surface area contributed by atoms with Gasteiger partial charge in [0.15, 0.2) is 6.61 Å². The summed E-state index contributed by atoms with van der Waals surface area (Å²) in [7, 11) is 0. The highest BCUT2D eigenvalue weighted by molar-refractivity contribution is 5.77. The van der Waals surface area contributed by atoms with E-state index >= 15 is 0 Å². The van der Waals surface area contributed by atoms with Crippen molar-refractivity contribution in [2.45, 2.75) is 0 Å². The standard InChI is InChI=1S/C14H21N3O3/c15-5-6-16-12-1-3-13(4-2-12)20-11-14(18)17-7-9-19-10-8-17/h1-4,16H,5-11,15H2. The fraction of sp³-hybridized carbons (Fsp3) is 0.500. The molecule has 1 heterocycles. The van der Waals surface area contributed by atoms with Crippen molar-refractivity contribution in [3.63, 3.8) is 0 Å². The van der Waals surface area contributed by atoms with Crippen molar-refractivity contribution in [2.24, 2.45) is 5.73 Å². The van der Waals surface area contributed by atoms with E-state index in [0.29, 0.717) is 38.6 Å². The summed E-state index contributed by atoms with van der Waals surface area (Å²) >= 11 is 0. The van der Waals surface area contributed by atoms with Crippen molar-refractivity contribution < 1.29 is 14.3 Å². The molecule has 1 aromatic rings. The van der Waals surface area contributed by atoms with Crippen LogP contribution in [-0.4, -0.2) is 56.8 Å². The minimum Gasteiger partial charge on any atom is -0.484 e. The van der Waals surface area contributed by atoms with Gasteiger partial charge in [-0.3, -0.25) is 4.79 Å². The molecule has 20 heavy (non-hydrogen) atoms. The summed E-state index contributed by atoms with van der Waals surface area (Å²) in [6.07, 6.45) is 0. The van der Waals surface area contributed by atoms with Gasteiger partial charge in [0.2, 0.25) is 0 Å². The Hall–Kier alpha value is -1.79. The van der Waals surface area contributed by atoms with Crippen LogP contribution >= 0.6 is 0 Å². The summed E-state index contributed by atoms with van der Waals surface area (Å²) in [6, 6.07) is 7.49. The van der Waals surface area contributed by atoms with Crippen molar-refractivity contribution in [1.82, 2.24) is 4.90 Å². The van der Waals surface area contributed by atoms with Gasteiger partial charge in [0.25, 0.3) is 5.91 Å². The summed E-state index contributed by atoms with van der Waals surface area (Å²) in [4.78, 5) is 13.7. The molecular weight excluding hydrogens is 258 g/mol. The highest BCUT2D eigenvalue weighted by Crippen LogP contribution is 2.15. The van der Waals surface area contributed by atoms with Crippen molar-refractivity contribution in [3.05, 3.63) is 24.3 Å². The van der Waals surface area contributed by atoms with Gasteiger partial charge in [-0.15, -0.1) is 0 Å². The predicted molar refractivity (Wildman–Crippen MR) is 76.9 cm³/mol. The lowest BCUT2D eigenvalue weighted by atomic mass is 10.3. The van der Waals surface area contributed by atoms with E-state index in [9.17, 15) is 4.79 Å². The van der Waals surface area contributed by atoms with Crippen molar-refractivity contribution in [1.29, 1.82) is 0 Å². The van der Waals surface area contributed by atoms with Crippen LogP contribution in [0.2, 0.25) is 0 Å². The molecule has 0 radical (unpaired) electrons. The lowest BCUT2D eigenvalue weighted by Crippen LogP contribution is -2.42. The second-order valence-corrected chi connectivity index (χ2v) is 4.52. The molecule has 1 aliphatic heterocycles. The Balaban J connectivity index is 1.76. The fourth-order valence-electron chi connectivity index (χ4n) is 1.93. The number of hydrogen-bond acceptors (Lipinski definition) is 5. The molecule has 6 heteroatoms. The largest absolute Gasteiger partial charge is 0.484 e. The van der Waals surface area contributed by atoms with Gasteiger partial charge >= 0.3 is 0 Å². The number of carbonyl (C=O) groups excluding carboxylic acids is 1. The number of anilines is 1. The zero-order valence-electron chi connectivity index (χ0n) is 11.5. The number of nitrogens with one attached hydrogen (secondary N) is 1. The number of rotatable bonds is 6. The lowest BCUT2D eigenvalue weighted by molar-refractivity contribution is -0.137. The van der Waals surface area contributed by atoms with Crippen LogP contribution in [0.1, 0.15) is 0 Å². The van der Waals surface area contributed by atoms with E-state index < -0.39 is 0 Å². The molecule has 0 aliphatic carbocycles. The first kappa shape index (κ1) is 14.6. The van der Waals surface area contributed by atoms with Crippen molar-refractivity contribution in [3.8, 4) is 5.75 Å². The average molecular weight is 279 g/mol. The van der Waals surface area contributed by atoms with E-state index in [1.165, 1.54) is 0 Å². The maximum atomic E-state index is 11.9. The normalized spacial score (nSPS) is 14.9. The first-order valence-electron chi connectivity index (χ1n) is 6.82. The summed E-state index contributed by atoms with van der Waals surface area (Å²) < 4.78 is 10.7. The predicted octanol–water partition coefficient (Wildman–Crippen LogP) is 0.295. The van der Waals surface area contributed by atoms with E-state index in [2.05, 4.69) is 5.32 Å². The van der Waals surface area contributed by atoms with Gasteiger partial charge in [-0.25, -0.2) is 0 Å². The number of hydrogen-bond donors (Lipinski definition) is 2. The Kier molecular flexibility index (Phi) is 5.64. The van der Waals surface area contributed by atoms with Gasteiger partial charge in [0.05, 0.1) is 13.2 Å². The smallest absolute Gasteiger partial charge is 0.260 e. The first-order valence-corrected chi connectivity index (χ1v) is 6.82. The summed E-state index contributed by atoms with van der Waals surface area (Å²) in [5.41, 5.74) is 6.41. The number of nitrogens with zero attached hydrogens (tertiary/aromatic N) is 1. The number of carbonyl (C=O) groups is 1. The fourth-order valence-corrected chi connectivity index (χ4v) is 1.93. The van der Waals surface area contributed by atoms with E-state index in [0.717, 1.165) is 12.2 Å². The molecule has 3 N–H and O–H groups in total. The SMILES string of the molecule is NCCNc1ccc(OCC(=O)N2CCOCC2)cc1. The number of morpholine rings is 1. The van der Waals surface area contributed by atoms with Crippen LogP contribution in [-0.2, 0) is 9.53 Å². The van der Waals surface area contributed by atoms with E-state index in [1.807, 2.05) is 24.3 Å². The lowest BCUT2D eigenvalue weighted by Gasteiger charge is -2.26. The molecule has 2 rings (SSSR count). The van der Waals surface area contributed by atoms with Crippen LogP contribution in [0.3, 0.4) is 0 Å². The van der Waals surface area contributed by atoms with Crippen LogP contribution in [0, 0.1) is 0 Å². The average Bonchev–Trinajstić information content (AvgIpc) is 2.52. The summed E-state index contributed by atoms with van der Waals surface area (Å²) in [5.74, 6) is 0.684. The van der Waals surface area contributed by atoms with Gasteiger partial charge < -0.3 is 25.4 Å². The van der Waals surface area contributed by atoms with Crippen molar-refractivity contribution >= 4 is 11.6 Å². The van der Waals surface area contributed by atoms with Crippen LogP contribution in [0.5, 0.6) is 5.75 Å². The highest BCUT2D eigenvalue weighted by Gasteiger charge is 2.16. The Labute approximate surface area is 118 Å². The monoisotopic (exact) mass is 279 g/mol. The van der Waals surface area contributed by atoms with Gasteiger partial charge in [-0.05, 0) is 24.3 Å². The Morgan fingerprint density at radius 1 is 1.30 bits per heavy atom. The summed E-state index contributed by atoms with van der Waals surface area (Å²) in [6.45, 7) is 3.88. The number of ether oxygens (including phenoxy) is 2. The van der Waals surface area contributed by atoms with E-state index in [1.54, 1.807) is 4.90 Å². The zero-order valence-corrected chi connectivity index (χ0v) is 11.5. The van der Waals surface area contributed by atoms with Crippen LogP contribution < -0.4 is 15.8 Å². The topological polar surface area (TPSA) is 76.8 Å². The third-order valence-corrected chi connectivity index (χ3v) is 3.05. The molecule has 1 aliphatic rings. The maximum Gasteiger partial charge on any atom is 0.260 e. The molecule has 0 spiro atoms. The van der Waals surface area contributed by atoms with Crippen LogP contribution in [0.15, 0.2) is 24.3 Å². The second-order valence-electron chi connectivity index (χ2n) is 4.52. The van der Waals surface area contributed by atoms with Gasteiger partial charge in [0, 0.05) is 31.9 Å². The number of benzene rings is 1. The van der Waals surface area contributed by atoms with Crippen molar-refractivity contribution in [2.75, 3.05) is 51.3 Å².